The van der Waals surface area contributed by atoms with Crippen molar-refractivity contribution in [1.29, 1.82) is 0 Å². The molecule has 0 aliphatic carbocycles. The zero-order valence-electron chi connectivity index (χ0n) is 13.0. The fourth-order valence-electron chi connectivity index (χ4n) is 2.40. The van der Waals surface area contributed by atoms with Crippen molar-refractivity contribution in [1.82, 2.24) is 30.1 Å². The first-order valence-electron chi connectivity index (χ1n) is 7.50. The second kappa shape index (κ2) is 6.04. The fourth-order valence-corrected chi connectivity index (χ4v) is 2.40. The van der Waals surface area contributed by atoms with E-state index in [9.17, 15) is 0 Å². The highest BCUT2D eigenvalue weighted by Gasteiger charge is 2.17. The molecule has 0 fully saturated rings. The minimum absolute atomic E-state index is 0.412. The fraction of sp³-hybridized carbons (Fsp3) is 0.118. The molecule has 4 aromatic rings. The summed E-state index contributed by atoms with van der Waals surface area (Å²) in [7, 11) is 0. The maximum Gasteiger partial charge on any atom is 0.259 e. The summed E-state index contributed by atoms with van der Waals surface area (Å²) in [5, 5.41) is 12.4. The normalized spacial score (nSPS) is 10.9. The van der Waals surface area contributed by atoms with Gasteiger partial charge in [0.15, 0.2) is 5.69 Å². The molecule has 0 bridgehead atoms. The summed E-state index contributed by atoms with van der Waals surface area (Å²) in [6.45, 7) is 2.59. The van der Waals surface area contributed by atoms with Gasteiger partial charge in [0.2, 0.25) is 5.82 Å². The van der Waals surface area contributed by atoms with Crippen molar-refractivity contribution in [3.63, 3.8) is 0 Å². The van der Waals surface area contributed by atoms with Gasteiger partial charge in [-0.25, -0.2) is 4.68 Å². The monoisotopic (exact) mass is 318 g/mol. The lowest BCUT2D eigenvalue weighted by Crippen LogP contribution is -2.03. The number of rotatable bonds is 4. The Bertz CT molecular complexity index is 946. The summed E-state index contributed by atoms with van der Waals surface area (Å²) in [6.07, 6.45) is 3.37. The second-order valence-corrected chi connectivity index (χ2v) is 5.33. The van der Waals surface area contributed by atoms with E-state index in [0.29, 0.717) is 24.0 Å². The van der Waals surface area contributed by atoms with Crippen LogP contribution in [0, 0.1) is 6.92 Å². The molecule has 0 unspecified atom stereocenters. The molecule has 0 N–H and O–H groups in total. The SMILES string of the molecule is Cc1c(-c2noc(-c3cccnc3)n2)nnn1Cc1ccccc1. The van der Waals surface area contributed by atoms with Crippen LogP contribution in [0.3, 0.4) is 0 Å². The minimum Gasteiger partial charge on any atom is -0.333 e. The van der Waals surface area contributed by atoms with E-state index in [4.69, 9.17) is 4.52 Å². The lowest BCUT2D eigenvalue weighted by atomic mass is 10.2. The van der Waals surface area contributed by atoms with Gasteiger partial charge < -0.3 is 4.52 Å². The first kappa shape index (κ1) is 14.3. The van der Waals surface area contributed by atoms with Gasteiger partial charge in [0.05, 0.1) is 17.8 Å². The molecule has 3 aromatic heterocycles. The third-order valence-electron chi connectivity index (χ3n) is 3.70. The van der Waals surface area contributed by atoms with Crippen molar-refractivity contribution in [2.24, 2.45) is 0 Å². The smallest absolute Gasteiger partial charge is 0.259 e. The molecular formula is C17H14N6O. The van der Waals surface area contributed by atoms with Crippen LogP contribution in [-0.4, -0.2) is 30.1 Å². The Balaban J connectivity index is 1.63. The average molecular weight is 318 g/mol. The van der Waals surface area contributed by atoms with Crippen LogP contribution in [0.15, 0.2) is 59.4 Å². The summed E-state index contributed by atoms with van der Waals surface area (Å²) >= 11 is 0. The molecule has 118 valence electrons. The number of hydrogen-bond acceptors (Lipinski definition) is 6. The number of aromatic nitrogens is 6. The van der Waals surface area contributed by atoms with E-state index < -0.39 is 0 Å². The van der Waals surface area contributed by atoms with Gasteiger partial charge in [-0.3, -0.25) is 4.98 Å². The van der Waals surface area contributed by atoms with Crippen LogP contribution in [-0.2, 0) is 6.54 Å². The molecule has 7 nitrogen and oxygen atoms in total. The summed E-state index contributed by atoms with van der Waals surface area (Å²) in [4.78, 5) is 8.45. The van der Waals surface area contributed by atoms with Crippen LogP contribution in [0.1, 0.15) is 11.3 Å². The maximum atomic E-state index is 5.31. The third-order valence-corrected chi connectivity index (χ3v) is 3.70. The molecule has 7 heteroatoms. The Labute approximate surface area is 138 Å². The molecule has 24 heavy (non-hydrogen) atoms. The van der Waals surface area contributed by atoms with Gasteiger partial charge in [0.25, 0.3) is 5.89 Å². The summed E-state index contributed by atoms with van der Waals surface area (Å²) < 4.78 is 7.13. The Morgan fingerprint density at radius 2 is 1.96 bits per heavy atom. The summed E-state index contributed by atoms with van der Waals surface area (Å²) in [5.41, 5.74) is 3.43. The highest BCUT2D eigenvalue weighted by atomic mass is 16.5. The first-order valence-corrected chi connectivity index (χ1v) is 7.50. The molecule has 0 amide bonds. The van der Waals surface area contributed by atoms with Gasteiger partial charge in [-0.05, 0) is 24.6 Å². The van der Waals surface area contributed by atoms with E-state index >= 15 is 0 Å². The Morgan fingerprint density at radius 3 is 2.75 bits per heavy atom. The number of hydrogen-bond donors (Lipinski definition) is 0. The van der Waals surface area contributed by atoms with Crippen molar-refractivity contribution < 1.29 is 4.52 Å². The lowest BCUT2D eigenvalue weighted by molar-refractivity contribution is 0.432. The summed E-state index contributed by atoms with van der Waals surface area (Å²) in [6, 6.07) is 13.8. The zero-order chi connectivity index (χ0) is 16.4. The topological polar surface area (TPSA) is 82.5 Å². The molecule has 4 rings (SSSR count). The molecule has 0 radical (unpaired) electrons. The van der Waals surface area contributed by atoms with E-state index in [1.807, 2.05) is 41.9 Å². The highest BCUT2D eigenvalue weighted by molar-refractivity contribution is 5.57. The van der Waals surface area contributed by atoms with Gasteiger partial charge in [-0.2, -0.15) is 4.98 Å². The largest absolute Gasteiger partial charge is 0.333 e. The van der Waals surface area contributed by atoms with E-state index in [-0.39, 0.29) is 0 Å². The summed E-state index contributed by atoms with van der Waals surface area (Å²) in [5.74, 6) is 0.834. The Morgan fingerprint density at radius 1 is 1.08 bits per heavy atom. The Hall–Kier alpha value is -3.35. The predicted octanol–water partition coefficient (Wildman–Crippen LogP) is 2.75. The van der Waals surface area contributed by atoms with Gasteiger partial charge >= 0.3 is 0 Å². The molecule has 1 aromatic carbocycles. The molecule has 0 saturated carbocycles. The minimum atomic E-state index is 0.412. The van der Waals surface area contributed by atoms with Crippen LogP contribution in [0.5, 0.6) is 0 Å². The van der Waals surface area contributed by atoms with E-state index in [1.165, 1.54) is 0 Å². The first-order chi connectivity index (χ1) is 11.8. The van der Waals surface area contributed by atoms with E-state index in [0.717, 1.165) is 16.8 Å². The van der Waals surface area contributed by atoms with Gasteiger partial charge in [0, 0.05) is 12.4 Å². The highest BCUT2D eigenvalue weighted by Crippen LogP contribution is 2.22. The molecule has 0 saturated heterocycles. The van der Waals surface area contributed by atoms with Crippen LogP contribution in [0.25, 0.3) is 23.0 Å². The second-order valence-electron chi connectivity index (χ2n) is 5.33. The van der Waals surface area contributed by atoms with Crippen molar-refractivity contribution in [2.75, 3.05) is 0 Å². The molecule has 0 aliphatic heterocycles. The molecule has 0 aliphatic rings. The number of pyridine rings is 1. The van der Waals surface area contributed by atoms with Crippen LogP contribution >= 0.6 is 0 Å². The van der Waals surface area contributed by atoms with Crippen molar-refractivity contribution >= 4 is 0 Å². The van der Waals surface area contributed by atoms with Crippen LogP contribution < -0.4 is 0 Å². The van der Waals surface area contributed by atoms with E-state index in [2.05, 4.69) is 37.6 Å². The average Bonchev–Trinajstić information content (AvgIpc) is 3.24. The van der Waals surface area contributed by atoms with Crippen molar-refractivity contribution in [3.05, 3.63) is 66.1 Å². The van der Waals surface area contributed by atoms with Gasteiger partial charge in [-0.1, -0.05) is 40.7 Å². The molecule has 0 atom stereocenters. The number of benzene rings is 1. The lowest BCUT2D eigenvalue weighted by Gasteiger charge is -2.02. The molecule has 3 heterocycles. The molecular weight excluding hydrogens is 304 g/mol. The standard InChI is InChI=1S/C17H14N6O/c1-12-15(20-22-23(12)11-13-6-3-2-4-7-13)16-19-17(24-21-16)14-8-5-9-18-10-14/h2-10H,11H2,1H3. The maximum absolute atomic E-state index is 5.31. The third kappa shape index (κ3) is 2.67. The van der Waals surface area contributed by atoms with Gasteiger partial charge in [0.1, 0.15) is 0 Å². The quantitative estimate of drug-likeness (QED) is 0.575. The predicted molar refractivity (Wildman–Crippen MR) is 86.8 cm³/mol. The van der Waals surface area contributed by atoms with Gasteiger partial charge in [-0.15, -0.1) is 5.10 Å². The zero-order valence-corrected chi connectivity index (χ0v) is 13.0. The van der Waals surface area contributed by atoms with Crippen LogP contribution in [0.4, 0.5) is 0 Å². The van der Waals surface area contributed by atoms with E-state index in [1.54, 1.807) is 12.4 Å². The van der Waals surface area contributed by atoms with Crippen molar-refractivity contribution in [3.8, 4) is 23.0 Å². The van der Waals surface area contributed by atoms with Crippen molar-refractivity contribution in [2.45, 2.75) is 13.5 Å². The number of nitrogens with zero attached hydrogens (tertiary/aromatic N) is 6. The Kier molecular flexibility index (Phi) is 3.59. The van der Waals surface area contributed by atoms with Crippen LogP contribution in [0.2, 0.25) is 0 Å². The molecule has 0 spiro atoms.